The van der Waals surface area contributed by atoms with Gasteiger partial charge in [-0.15, -0.1) is 0 Å². The SMILES string of the molecule is CPC(=O)[C@@H](N)CCC(=O)N(c1ccc(C)c(S(N)(=O)=O)c1)c1nccc(N(C)c2ccc3c(C)n(C)nc3c2)n1. The molecule has 1 unspecified atom stereocenters. The maximum absolute atomic E-state index is 13.6. The van der Waals surface area contributed by atoms with Gasteiger partial charge >= 0.3 is 0 Å². The molecule has 2 heterocycles. The zero-order valence-electron chi connectivity index (χ0n) is 23.5. The summed E-state index contributed by atoms with van der Waals surface area (Å²) in [5.74, 6) is 0.0512. The number of fused-ring (bicyclic) bond motifs is 1. The first-order chi connectivity index (χ1) is 19.3. The lowest BCUT2D eigenvalue weighted by Crippen LogP contribution is -2.33. The Morgan fingerprint density at radius 2 is 1.80 bits per heavy atom. The molecule has 41 heavy (non-hydrogen) atoms. The average molecular weight is 597 g/mol. The second-order valence-corrected chi connectivity index (χ2v) is 12.2. The van der Waals surface area contributed by atoms with Crippen molar-refractivity contribution in [3.8, 4) is 0 Å². The van der Waals surface area contributed by atoms with E-state index in [9.17, 15) is 18.0 Å². The minimum Gasteiger partial charge on any atom is -0.329 e. The first-order valence-electron chi connectivity index (χ1n) is 12.8. The van der Waals surface area contributed by atoms with Crippen LogP contribution < -0.4 is 20.7 Å². The summed E-state index contributed by atoms with van der Waals surface area (Å²) in [5, 5.41) is 11.0. The van der Waals surface area contributed by atoms with Gasteiger partial charge in [-0.25, -0.2) is 23.4 Å². The van der Waals surface area contributed by atoms with Crippen molar-refractivity contribution in [2.75, 3.05) is 23.5 Å². The Morgan fingerprint density at radius 1 is 1.10 bits per heavy atom. The molecule has 0 aliphatic heterocycles. The Bertz CT molecular complexity index is 1740. The fraction of sp³-hybridized carbons (Fsp3) is 0.296. The number of sulfonamides is 1. The molecule has 4 rings (SSSR count). The van der Waals surface area contributed by atoms with Crippen molar-refractivity contribution in [2.45, 2.75) is 37.6 Å². The summed E-state index contributed by atoms with van der Waals surface area (Å²) in [6.07, 6.45) is 1.54. The van der Waals surface area contributed by atoms with Gasteiger partial charge in [-0.1, -0.05) is 14.6 Å². The lowest BCUT2D eigenvalue weighted by atomic mass is 10.1. The van der Waals surface area contributed by atoms with Gasteiger partial charge in [-0.05, 0) is 68.9 Å². The van der Waals surface area contributed by atoms with Crippen LogP contribution in [0.4, 0.5) is 23.1 Å². The molecule has 2 atom stereocenters. The topological polar surface area (TPSA) is 170 Å². The maximum atomic E-state index is 13.6. The fourth-order valence-electron chi connectivity index (χ4n) is 4.41. The molecule has 14 heteroatoms. The number of nitrogens with zero attached hydrogens (tertiary/aromatic N) is 6. The van der Waals surface area contributed by atoms with Crippen molar-refractivity contribution in [2.24, 2.45) is 17.9 Å². The highest BCUT2D eigenvalue weighted by Gasteiger charge is 2.25. The Hall–Kier alpha value is -3.77. The van der Waals surface area contributed by atoms with E-state index in [0.717, 1.165) is 22.3 Å². The normalized spacial score (nSPS) is 12.7. The number of benzene rings is 2. The van der Waals surface area contributed by atoms with Gasteiger partial charge in [0.1, 0.15) is 5.82 Å². The molecule has 0 aliphatic carbocycles. The highest BCUT2D eigenvalue weighted by atomic mass is 32.2. The van der Waals surface area contributed by atoms with E-state index in [0.29, 0.717) is 11.4 Å². The number of nitrogens with two attached hydrogens (primary N) is 2. The summed E-state index contributed by atoms with van der Waals surface area (Å²) in [6, 6.07) is 11.3. The largest absolute Gasteiger partial charge is 0.329 e. The molecule has 0 radical (unpaired) electrons. The van der Waals surface area contributed by atoms with Crippen molar-refractivity contribution in [1.29, 1.82) is 0 Å². The number of hydrogen-bond donors (Lipinski definition) is 2. The van der Waals surface area contributed by atoms with E-state index in [2.05, 4.69) is 15.1 Å². The number of rotatable bonds is 10. The summed E-state index contributed by atoms with van der Waals surface area (Å²) in [5.41, 5.74) is 9.18. The molecule has 2 aromatic carbocycles. The van der Waals surface area contributed by atoms with Crippen molar-refractivity contribution >= 4 is 64.1 Å². The molecule has 0 saturated heterocycles. The summed E-state index contributed by atoms with van der Waals surface area (Å²) < 4.78 is 26.3. The number of aromatic nitrogens is 4. The van der Waals surface area contributed by atoms with E-state index in [4.69, 9.17) is 10.9 Å². The number of carbonyl (C=O) groups is 2. The van der Waals surface area contributed by atoms with Crippen LogP contribution in [0.5, 0.6) is 0 Å². The maximum Gasteiger partial charge on any atom is 0.238 e. The van der Waals surface area contributed by atoms with Crippen molar-refractivity contribution in [1.82, 2.24) is 19.7 Å². The minimum atomic E-state index is -4.07. The highest BCUT2D eigenvalue weighted by Crippen LogP contribution is 2.31. The quantitative estimate of drug-likeness (QED) is 0.261. The van der Waals surface area contributed by atoms with Crippen LogP contribution in [-0.4, -0.2) is 59.4 Å². The monoisotopic (exact) mass is 596 g/mol. The van der Waals surface area contributed by atoms with Crippen LogP contribution in [0.3, 0.4) is 0 Å². The predicted octanol–water partition coefficient (Wildman–Crippen LogP) is 3.00. The van der Waals surface area contributed by atoms with Gasteiger partial charge in [0.2, 0.25) is 21.9 Å². The first-order valence-corrected chi connectivity index (χ1v) is 15.8. The van der Waals surface area contributed by atoms with Crippen LogP contribution in [0.2, 0.25) is 0 Å². The van der Waals surface area contributed by atoms with E-state index in [1.807, 2.05) is 48.8 Å². The third-order valence-corrected chi connectivity index (χ3v) is 8.83. The number of hydrogen-bond acceptors (Lipinski definition) is 9. The summed E-state index contributed by atoms with van der Waals surface area (Å²) >= 11 is 0. The zero-order valence-corrected chi connectivity index (χ0v) is 25.3. The standard InChI is InChI=1S/C27H33N8O4PS/c1-16-6-7-19(15-23(16)41(29,38)39)35(25(36)11-10-21(28)26(37)40-5)27-30-13-12-24(31-27)33(3)18-8-9-20-17(2)34(4)32-22(20)14-18/h6-9,12-15,21,40H,10-11,28H2,1-5H3,(H2,29,38,39)/t21-/m0/s1. The highest BCUT2D eigenvalue weighted by molar-refractivity contribution is 7.89. The lowest BCUT2D eigenvalue weighted by Gasteiger charge is -2.24. The van der Waals surface area contributed by atoms with Crippen LogP contribution in [-0.2, 0) is 26.7 Å². The fourth-order valence-corrected chi connectivity index (χ4v) is 5.72. The molecule has 216 valence electrons. The van der Waals surface area contributed by atoms with Crippen LogP contribution in [0.1, 0.15) is 24.1 Å². The number of primary sulfonamides is 1. The molecule has 12 nitrogen and oxygen atoms in total. The number of anilines is 4. The lowest BCUT2D eigenvalue weighted by molar-refractivity contribution is -0.118. The van der Waals surface area contributed by atoms with E-state index < -0.39 is 22.0 Å². The third-order valence-electron chi connectivity index (χ3n) is 6.91. The van der Waals surface area contributed by atoms with Crippen molar-refractivity contribution < 1.29 is 18.0 Å². The van der Waals surface area contributed by atoms with Gasteiger partial charge < -0.3 is 10.6 Å². The molecule has 0 aliphatic rings. The second kappa shape index (κ2) is 12.0. The zero-order chi connectivity index (χ0) is 30.1. The Kier molecular flexibility index (Phi) is 8.83. The summed E-state index contributed by atoms with van der Waals surface area (Å²) in [6.45, 7) is 5.34. The van der Waals surface area contributed by atoms with E-state index in [1.54, 1.807) is 31.8 Å². The Labute approximate surface area is 240 Å². The number of amides is 1. The minimum absolute atomic E-state index is 0.0159. The first kappa shape index (κ1) is 30.2. The van der Waals surface area contributed by atoms with Crippen molar-refractivity contribution in [3.05, 3.63) is 59.9 Å². The van der Waals surface area contributed by atoms with Gasteiger partial charge in [0.15, 0.2) is 5.52 Å². The van der Waals surface area contributed by atoms with Crippen molar-refractivity contribution in [3.63, 3.8) is 0 Å². The van der Waals surface area contributed by atoms with E-state index in [-0.39, 0.29) is 43.5 Å². The van der Waals surface area contributed by atoms with Gasteiger partial charge in [0, 0.05) is 43.5 Å². The molecule has 2 aromatic heterocycles. The number of carbonyl (C=O) groups excluding carboxylic acids is 2. The molecule has 4 N–H and O–H groups in total. The third kappa shape index (κ3) is 6.43. The summed E-state index contributed by atoms with van der Waals surface area (Å²) in [7, 11) is -0.340. The molecular weight excluding hydrogens is 563 g/mol. The molecule has 0 saturated carbocycles. The predicted molar refractivity (Wildman–Crippen MR) is 162 cm³/mol. The second-order valence-electron chi connectivity index (χ2n) is 9.67. The van der Waals surface area contributed by atoms with Crippen LogP contribution in [0.15, 0.2) is 53.6 Å². The Balaban J connectivity index is 1.75. The van der Waals surface area contributed by atoms with E-state index in [1.165, 1.54) is 17.2 Å². The van der Waals surface area contributed by atoms with E-state index >= 15 is 0 Å². The van der Waals surface area contributed by atoms with Crippen LogP contribution >= 0.6 is 8.58 Å². The van der Waals surface area contributed by atoms with Gasteiger partial charge in [-0.3, -0.25) is 14.3 Å². The molecule has 0 bridgehead atoms. The summed E-state index contributed by atoms with van der Waals surface area (Å²) in [4.78, 5) is 37.6. The van der Waals surface area contributed by atoms with Gasteiger partial charge in [0.25, 0.3) is 0 Å². The average Bonchev–Trinajstić information content (AvgIpc) is 3.23. The number of aryl methyl sites for hydroxylation is 3. The van der Waals surface area contributed by atoms with Gasteiger partial charge in [-0.2, -0.15) is 10.1 Å². The molecule has 1 amide bonds. The molecule has 0 spiro atoms. The molecular formula is C27H33N8O4PS. The smallest absolute Gasteiger partial charge is 0.238 e. The van der Waals surface area contributed by atoms with Crippen LogP contribution in [0.25, 0.3) is 10.9 Å². The molecule has 0 fully saturated rings. The molecule has 4 aromatic rings. The van der Waals surface area contributed by atoms with Gasteiger partial charge in [0.05, 0.1) is 22.1 Å². The van der Waals surface area contributed by atoms with Crippen LogP contribution in [0, 0.1) is 13.8 Å². The Morgan fingerprint density at radius 3 is 2.49 bits per heavy atom.